The van der Waals surface area contributed by atoms with E-state index in [1.807, 2.05) is 20.8 Å². The molecule has 0 bridgehead atoms. The average molecular weight is 229 g/mol. The monoisotopic (exact) mass is 228 g/mol. The van der Waals surface area contributed by atoms with Gasteiger partial charge in [0.2, 0.25) is 0 Å². The fourth-order valence-corrected chi connectivity index (χ4v) is 1.41. The molecule has 0 saturated carbocycles. The van der Waals surface area contributed by atoms with Crippen LogP contribution in [0.25, 0.3) is 0 Å². The number of rotatable bonds is 3. The van der Waals surface area contributed by atoms with Gasteiger partial charge in [0.05, 0.1) is 6.10 Å². The van der Waals surface area contributed by atoms with E-state index < -0.39 is 6.10 Å². The lowest BCUT2D eigenvalue weighted by atomic mass is 10.1. The number of nitrogens with one attached hydrogen (secondary N) is 1. The molecule has 0 amide bonds. The predicted octanol–water partition coefficient (Wildman–Crippen LogP) is 2.16. The van der Waals surface area contributed by atoms with Gasteiger partial charge in [-0.15, -0.1) is 0 Å². The number of hydrogen-bond acceptors (Lipinski definition) is 3. The Bertz CT molecular complexity index is 323. The molecule has 4 heteroatoms. The predicted molar refractivity (Wildman–Crippen MR) is 62.0 cm³/mol. The quantitative estimate of drug-likeness (QED) is 0.780. The van der Waals surface area contributed by atoms with Crippen LogP contribution in [0.5, 0.6) is 0 Å². The van der Waals surface area contributed by atoms with E-state index >= 15 is 0 Å². The van der Waals surface area contributed by atoms with Crippen LogP contribution < -0.4 is 5.32 Å². The van der Waals surface area contributed by atoms with E-state index in [4.69, 9.17) is 11.6 Å². The topological polar surface area (TPSA) is 45.1 Å². The summed E-state index contributed by atoms with van der Waals surface area (Å²) < 4.78 is 0. The smallest absolute Gasteiger partial charge is 0.134 e. The number of pyridine rings is 1. The van der Waals surface area contributed by atoms with Crippen molar-refractivity contribution in [3.63, 3.8) is 0 Å². The van der Waals surface area contributed by atoms with Crippen molar-refractivity contribution < 1.29 is 5.11 Å². The Hall–Kier alpha value is -0.640. The van der Waals surface area contributed by atoms with Gasteiger partial charge in [-0.3, -0.25) is 0 Å². The highest BCUT2D eigenvalue weighted by Crippen LogP contribution is 2.20. The first-order valence-corrected chi connectivity index (χ1v) is 5.31. The van der Waals surface area contributed by atoms with Crippen LogP contribution in [0.2, 0.25) is 5.15 Å². The maximum atomic E-state index is 9.88. The minimum absolute atomic E-state index is 0.0182. The van der Waals surface area contributed by atoms with Crippen molar-refractivity contribution in [2.75, 3.05) is 6.54 Å². The van der Waals surface area contributed by atoms with E-state index in [1.165, 1.54) is 0 Å². The molecule has 0 aliphatic rings. The van der Waals surface area contributed by atoms with Crippen LogP contribution in [0.1, 0.15) is 32.4 Å². The van der Waals surface area contributed by atoms with Gasteiger partial charge >= 0.3 is 0 Å². The number of aliphatic hydroxyl groups is 1. The summed E-state index contributed by atoms with van der Waals surface area (Å²) in [6.07, 6.45) is 0.987. The number of nitrogens with zero attached hydrogens (tertiary/aromatic N) is 1. The molecule has 1 heterocycles. The largest absolute Gasteiger partial charge is 0.387 e. The van der Waals surface area contributed by atoms with Gasteiger partial charge < -0.3 is 10.4 Å². The molecule has 0 fully saturated rings. The van der Waals surface area contributed by atoms with E-state index in [2.05, 4.69) is 10.3 Å². The lowest BCUT2D eigenvalue weighted by molar-refractivity contribution is 0.163. The number of aliphatic hydroxyl groups excluding tert-OH is 1. The third-order valence-corrected chi connectivity index (χ3v) is 2.29. The summed E-state index contributed by atoms with van der Waals surface area (Å²) in [4.78, 5) is 3.92. The molecule has 1 rings (SSSR count). The maximum absolute atomic E-state index is 9.88. The zero-order chi connectivity index (χ0) is 11.5. The van der Waals surface area contributed by atoms with Gasteiger partial charge in [0.15, 0.2) is 0 Å². The van der Waals surface area contributed by atoms with Gasteiger partial charge in [0.1, 0.15) is 5.15 Å². The first kappa shape index (κ1) is 12.4. The van der Waals surface area contributed by atoms with Gasteiger partial charge in [0, 0.05) is 23.8 Å². The minimum Gasteiger partial charge on any atom is -0.387 e. The van der Waals surface area contributed by atoms with Crippen molar-refractivity contribution in [3.8, 4) is 0 Å². The molecule has 0 aliphatic heterocycles. The SMILES string of the molecule is CC(C)(C)NCC(O)c1cccnc1Cl. The van der Waals surface area contributed by atoms with Crippen molar-refractivity contribution in [2.45, 2.75) is 32.4 Å². The fourth-order valence-electron chi connectivity index (χ4n) is 1.16. The molecule has 84 valence electrons. The molecule has 1 unspecified atom stereocenters. The molecule has 15 heavy (non-hydrogen) atoms. The second kappa shape index (κ2) is 4.92. The number of aromatic nitrogens is 1. The Labute approximate surface area is 95.5 Å². The Kier molecular flexibility index (Phi) is 4.08. The van der Waals surface area contributed by atoms with Crippen LogP contribution >= 0.6 is 11.6 Å². The van der Waals surface area contributed by atoms with Crippen LogP contribution in [0.4, 0.5) is 0 Å². The zero-order valence-corrected chi connectivity index (χ0v) is 10.0. The van der Waals surface area contributed by atoms with E-state index in [-0.39, 0.29) is 5.54 Å². The van der Waals surface area contributed by atoms with Crippen molar-refractivity contribution in [2.24, 2.45) is 0 Å². The summed E-state index contributed by atoms with van der Waals surface area (Å²) in [5.41, 5.74) is 0.645. The highest BCUT2D eigenvalue weighted by Gasteiger charge is 2.15. The molecule has 3 nitrogen and oxygen atoms in total. The van der Waals surface area contributed by atoms with Crippen LogP contribution in [0, 0.1) is 0 Å². The lowest BCUT2D eigenvalue weighted by Gasteiger charge is -2.23. The van der Waals surface area contributed by atoms with Crippen molar-refractivity contribution in [1.29, 1.82) is 0 Å². The molecule has 0 aliphatic carbocycles. The summed E-state index contributed by atoms with van der Waals surface area (Å²) in [5, 5.41) is 13.5. The second-order valence-corrected chi connectivity index (χ2v) is 4.89. The summed E-state index contributed by atoms with van der Waals surface area (Å²) in [6, 6.07) is 3.55. The first-order valence-electron chi connectivity index (χ1n) is 4.93. The Morgan fingerprint density at radius 2 is 2.20 bits per heavy atom. The van der Waals surface area contributed by atoms with Gasteiger partial charge in [-0.2, -0.15) is 0 Å². The fraction of sp³-hybridized carbons (Fsp3) is 0.545. The molecular formula is C11H17ClN2O. The summed E-state index contributed by atoms with van der Waals surface area (Å²) in [5.74, 6) is 0. The van der Waals surface area contributed by atoms with Gasteiger partial charge in [-0.25, -0.2) is 4.98 Å². The third kappa shape index (κ3) is 4.16. The third-order valence-electron chi connectivity index (χ3n) is 1.97. The molecule has 2 N–H and O–H groups in total. The number of β-amino-alcohol motifs (C(OH)–C–C–N with tert-alkyl or cyclic N) is 1. The van der Waals surface area contributed by atoms with E-state index in [1.54, 1.807) is 18.3 Å². The summed E-state index contributed by atoms with van der Waals surface area (Å²) in [6.45, 7) is 6.61. The normalized spacial score (nSPS) is 13.9. The van der Waals surface area contributed by atoms with E-state index in [0.29, 0.717) is 17.3 Å². The Balaban J connectivity index is 2.62. The highest BCUT2D eigenvalue weighted by molar-refractivity contribution is 6.30. The molecule has 0 saturated heterocycles. The molecule has 1 atom stereocenters. The van der Waals surface area contributed by atoms with Crippen molar-refractivity contribution in [1.82, 2.24) is 10.3 Å². The van der Waals surface area contributed by atoms with Crippen LogP contribution in [-0.2, 0) is 0 Å². The highest BCUT2D eigenvalue weighted by atomic mass is 35.5. The minimum atomic E-state index is -0.620. The molecule has 0 spiro atoms. The van der Waals surface area contributed by atoms with Crippen molar-refractivity contribution >= 4 is 11.6 Å². The first-order chi connectivity index (χ1) is 6.90. The molecular weight excluding hydrogens is 212 g/mol. The van der Waals surface area contributed by atoms with Gasteiger partial charge in [-0.1, -0.05) is 17.7 Å². The van der Waals surface area contributed by atoms with E-state index in [0.717, 1.165) is 0 Å². The standard InChI is InChI=1S/C11H17ClN2O/c1-11(2,3)14-7-9(15)8-5-4-6-13-10(8)12/h4-6,9,14-15H,7H2,1-3H3. The van der Waals surface area contributed by atoms with Crippen LogP contribution in [-0.4, -0.2) is 22.2 Å². The lowest BCUT2D eigenvalue weighted by Crippen LogP contribution is -2.38. The van der Waals surface area contributed by atoms with Gasteiger partial charge in [0.25, 0.3) is 0 Å². The second-order valence-electron chi connectivity index (χ2n) is 4.53. The summed E-state index contributed by atoms with van der Waals surface area (Å²) >= 11 is 5.87. The zero-order valence-electron chi connectivity index (χ0n) is 9.29. The molecule has 1 aromatic rings. The van der Waals surface area contributed by atoms with Crippen molar-refractivity contribution in [3.05, 3.63) is 29.0 Å². The maximum Gasteiger partial charge on any atom is 0.134 e. The number of halogens is 1. The Morgan fingerprint density at radius 1 is 1.53 bits per heavy atom. The molecule has 0 aromatic carbocycles. The van der Waals surface area contributed by atoms with Crippen LogP contribution in [0.3, 0.4) is 0 Å². The molecule has 1 aromatic heterocycles. The summed E-state index contributed by atoms with van der Waals surface area (Å²) in [7, 11) is 0. The van der Waals surface area contributed by atoms with Crippen LogP contribution in [0.15, 0.2) is 18.3 Å². The number of hydrogen-bond donors (Lipinski definition) is 2. The molecule has 0 radical (unpaired) electrons. The average Bonchev–Trinajstić information content (AvgIpc) is 2.14. The van der Waals surface area contributed by atoms with Gasteiger partial charge in [-0.05, 0) is 26.8 Å². The Morgan fingerprint density at radius 3 is 2.73 bits per heavy atom. The van der Waals surface area contributed by atoms with E-state index in [9.17, 15) is 5.11 Å².